The van der Waals surface area contributed by atoms with Crippen molar-refractivity contribution in [2.45, 2.75) is 25.5 Å². The molecule has 5 nitrogen and oxygen atoms in total. The van der Waals surface area contributed by atoms with Gasteiger partial charge in [-0.2, -0.15) is 0 Å². The van der Waals surface area contributed by atoms with E-state index in [0.29, 0.717) is 23.8 Å². The number of aliphatic hydroxyl groups is 1. The molecule has 1 N–H and O–H groups in total. The van der Waals surface area contributed by atoms with Crippen molar-refractivity contribution < 1.29 is 19.3 Å². The molecule has 112 valence electrons. The van der Waals surface area contributed by atoms with Gasteiger partial charge in [0.1, 0.15) is 0 Å². The van der Waals surface area contributed by atoms with Gasteiger partial charge in [-0.1, -0.05) is 6.07 Å². The molecular weight excluding hydrogens is 258 g/mol. The topological polar surface area (TPSA) is 51.2 Å². The minimum atomic E-state index is -0.227. The molecule has 1 heterocycles. The molecule has 5 heteroatoms. The molecule has 1 aliphatic rings. The highest BCUT2D eigenvalue weighted by atomic mass is 16.5. The van der Waals surface area contributed by atoms with E-state index < -0.39 is 0 Å². The summed E-state index contributed by atoms with van der Waals surface area (Å²) in [5, 5.41) is 9.75. The number of piperidine rings is 1. The monoisotopic (exact) mass is 281 g/mol. The van der Waals surface area contributed by atoms with Gasteiger partial charge in [0.25, 0.3) is 0 Å². The van der Waals surface area contributed by atoms with Crippen molar-refractivity contribution in [3.8, 4) is 17.2 Å². The Morgan fingerprint density at radius 3 is 2.50 bits per heavy atom. The number of aliphatic hydroxyl groups excluding tert-OH is 1. The van der Waals surface area contributed by atoms with Crippen molar-refractivity contribution in [2.75, 3.05) is 34.4 Å². The van der Waals surface area contributed by atoms with Gasteiger partial charge >= 0.3 is 0 Å². The summed E-state index contributed by atoms with van der Waals surface area (Å²) in [5.41, 5.74) is 1.04. The second-order valence-electron chi connectivity index (χ2n) is 5.02. The van der Waals surface area contributed by atoms with Crippen molar-refractivity contribution >= 4 is 0 Å². The normalized spacial score (nSPS) is 19.7. The smallest absolute Gasteiger partial charge is 0.203 e. The first-order chi connectivity index (χ1) is 9.69. The van der Waals surface area contributed by atoms with Crippen molar-refractivity contribution in [1.29, 1.82) is 0 Å². The first-order valence-electron chi connectivity index (χ1n) is 6.87. The highest BCUT2D eigenvalue weighted by molar-refractivity contribution is 5.55. The van der Waals surface area contributed by atoms with E-state index in [-0.39, 0.29) is 6.10 Å². The summed E-state index contributed by atoms with van der Waals surface area (Å²) in [7, 11) is 4.85. The fourth-order valence-electron chi connectivity index (χ4n) is 2.70. The van der Waals surface area contributed by atoms with Crippen LogP contribution in [-0.4, -0.2) is 50.5 Å². The molecule has 1 fully saturated rings. The second-order valence-corrected chi connectivity index (χ2v) is 5.02. The molecule has 0 radical (unpaired) electrons. The van der Waals surface area contributed by atoms with Crippen LogP contribution >= 0.6 is 0 Å². The molecule has 1 aliphatic heterocycles. The Kier molecular flexibility index (Phi) is 5.09. The van der Waals surface area contributed by atoms with E-state index >= 15 is 0 Å². The highest BCUT2D eigenvalue weighted by Crippen LogP contribution is 2.40. The number of nitrogens with zero attached hydrogens (tertiary/aromatic N) is 1. The third kappa shape index (κ3) is 3.16. The number of rotatable bonds is 5. The second kappa shape index (κ2) is 6.81. The number of hydrogen-bond donors (Lipinski definition) is 1. The van der Waals surface area contributed by atoms with Crippen molar-refractivity contribution in [3.63, 3.8) is 0 Å². The summed E-state index contributed by atoms with van der Waals surface area (Å²) in [6.45, 7) is 2.44. The van der Waals surface area contributed by atoms with Gasteiger partial charge in [0, 0.05) is 18.7 Å². The summed E-state index contributed by atoms with van der Waals surface area (Å²) in [6.07, 6.45) is 1.69. The van der Waals surface area contributed by atoms with Crippen molar-refractivity contribution in [2.24, 2.45) is 0 Å². The number of methoxy groups -OCH3 is 3. The summed E-state index contributed by atoms with van der Waals surface area (Å²) < 4.78 is 16.2. The molecule has 0 amide bonds. The zero-order valence-corrected chi connectivity index (χ0v) is 12.4. The fraction of sp³-hybridized carbons (Fsp3) is 0.600. The van der Waals surface area contributed by atoms with Crippen LogP contribution in [0.3, 0.4) is 0 Å². The molecule has 2 rings (SSSR count). The van der Waals surface area contributed by atoms with Crippen molar-refractivity contribution in [3.05, 3.63) is 17.7 Å². The SMILES string of the molecule is COc1ccc(CN2CCCC(O)C2)c(OC)c1OC. The van der Waals surface area contributed by atoms with Gasteiger partial charge in [0.05, 0.1) is 27.4 Å². The Labute approximate surface area is 120 Å². The van der Waals surface area contributed by atoms with Gasteiger partial charge in [0.15, 0.2) is 11.5 Å². The number of β-amino-alcohol motifs (C(OH)–C–C–N with tert-alkyl or cyclic N) is 1. The lowest BCUT2D eigenvalue weighted by Crippen LogP contribution is -2.37. The molecule has 1 unspecified atom stereocenters. The van der Waals surface area contributed by atoms with Crippen molar-refractivity contribution in [1.82, 2.24) is 4.90 Å². The van der Waals surface area contributed by atoms with Crippen LogP contribution in [0.5, 0.6) is 17.2 Å². The average Bonchev–Trinajstić information content (AvgIpc) is 2.46. The maximum atomic E-state index is 9.75. The molecule has 1 saturated heterocycles. The van der Waals surface area contributed by atoms with Crippen LogP contribution in [0.2, 0.25) is 0 Å². The number of ether oxygens (including phenoxy) is 3. The molecule has 20 heavy (non-hydrogen) atoms. The first kappa shape index (κ1) is 14.9. The number of hydrogen-bond acceptors (Lipinski definition) is 5. The van der Waals surface area contributed by atoms with Crippen LogP contribution in [0.1, 0.15) is 18.4 Å². The molecular formula is C15H23NO4. The van der Waals surface area contributed by atoms with Gasteiger partial charge in [-0.3, -0.25) is 4.90 Å². The summed E-state index contributed by atoms with van der Waals surface area (Å²) >= 11 is 0. The van der Waals surface area contributed by atoms with Gasteiger partial charge in [-0.25, -0.2) is 0 Å². The van der Waals surface area contributed by atoms with E-state index in [9.17, 15) is 5.11 Å². The number of likely N-dealkylation sites (tertiary alicyclic amines) is 1. The Morgan fingerprint density at radius 1 is 1.15 bits per heavy atom. The van der Waals surface area contributed by atoms with Crippen LogP contribution in [0.15, 0.2) is 12.1 Å². The third-order valence-electron chi connectivity index (χ3n) is 3.66. The highest BCUT2D eigenvalue weighted by Gasteiger charge is 2.21. The molecule has 1 aromatic rings. The molecule has 0 spiro atoms. The van der Waals surface area contributed by atoms with E-state index in [2.05, 4.69) is 4.90 Å². The first-order valence-corrected chi connectivity index (χ1v) is 6.87. The lowest BCUT2D eigenvalue weighted by Gasteiger charge is -2.30. The van der Waals surface area contributed by atoms with E-state index in [1.807, 2.05) is 12.1 Å². The fourth-order valence-corrected chi connectivity index (χ4v) is 2.70. The lowest BCUT2D eigenvalue weighted by atomic mass is 10.1. The van der Waals surface area contributed by atoms with Gasteiger partial charge < -0.3 is 19.3 Å². The Bertz CT molecular complexity index is 450. The Balaban J connectivity index is 2.22. The zero-order valence-electron chi connectivity index (χ0n) is 12.4. The maximum absolute atomic E-state index is 9.75. The Morgan fingerprint density at radius 2 is 1.90 bits per heavy atom. The minimum absolute atomic E-state index is 0.227. The molecule has 0 aliphatic carbocycles. The van der Waals surface area contributed by atoms with Gasteiger partial charge in [-0.05, 0) is 25.5 Å². The third-order valence-corrected chi connectivity index (χ3v) is 3.66. The summed E-state index contributed by atoms with van der Waals surface area (Å²) in [6, 6.07) is 3.87. The molecule has 1 atom stereocenters. The standard InChI is InChI=1S/C15H23NO4/c1-18-13-7-6-11(14(19-2)15(13)20-3)9-16-8-4-5-12(17)10-16/h6-7,12,17H,4-5,8-10H2,1-3H3. The Hall–Kier alpha value is -1.46. The van der Waals surface area contributed by atoms with E-state index in [4.69, 9.17) is 14.2 Å². The minimum Gasteiger partial charge on any atom is -0.493 e. The van der Waals surface area contributed by atoms with Crippen LogP contribution in [0.4, 0.5) is 0 Å². The molecule has 0 bridgehead atoms. The molecule has 0 aromatic heterocycles. The van der Waals surface area contributed by atoms with E-state index in [1.165, 1.54) is 0 Å². The predicted octanol–water partition coefficient (Wildman–Crippen LogP) is 1.67. The van der Waals surface area contributed by atoms with E-state index in [1.54, 1.807) is 21.3 Å². The lowest BCUT2D eigenvalue weighted by molar-refractivity contribution is 0.0663. The van der Waals surface area contributed by atoms with Crippen LogP contribution in [0.25, 0.3) is 0 Å². The molecule has 1 aromatic carbocycles. The van der Waals surface area contributed by atoms with Crippen LogP contribution < -0.4 is 14.2 Å². The number of benzene rings is 1. The predicted molar refractivity (Wildman–Crippen MR) is 76.6 cm³/mol. The van der Waals surface area contributed by atoms with E-state index in [0.717, 1.165) is 31.5 Å². The van der Waals surface area contributed by atoms with Crippen LogP contribution in [-0.2, 0) is 6.54 Å². The summed E-state index contributed by atoms with van der Waals surface area (Å²) in [5.74, 6) is 1.98. The average molecular weight is 281 g/mol. The summed E-state index contributed by atoms with van der Waals surface area (Å²) in [4.78, 5) is 2.23. The quantitative estimate of drug-likeness (QED) is 0.889. The van der Waals surface area contributed by atoms with Gasteiger partial charge in [0.2, 0.25) is 5.75 Å². The maximum Gasteiger partial charge on any atom is 0.203 e. The van der Waals surface area contributed by atoms with Crippen LogP contribution in [0, 0.1) is 0 Å². The largest absolute Gasteiger partial charge is 0.493 e. The van der Waals surface area contributed by atoms with Gasteiger partial charge in [-0.15, -0.1) is 0 Å². The zero-order chi connectivity index (χ0) is 14.5. The molecule has 0 saturated carbocycles.